The van der Waals surface area contributed by atoms with Gasteiger partial charge in [0, 0.05) is 25.7 Å². The molecule has 0 aliphatic heterocycles. The minimum Gasteiger partial charge on any atom is -0.462 e. The number of rotatable bonds is 76. The number of carbonyl (C=O) groups is 4. The van der Waals surface area contributed by atoms with Crippen LogP contribution < -0.4 is 0 Å². The minimum absolute atomic E-state index is 0.101. The van der Waals surface area contributed by atoms with Crippen LogP contribution in [0.3, 0.4) is 0 Å². The maximum atomic E-state index is 13.1. The maximum absolute atomic E-state index is 13.1. The zero-order chi connectivity index (χ0) is 73.0. The van der Waals surface area contributed by atoms with Gasteiger partial charge in [0.15, 0.2) is 12.2 Å². The molecule has 0 saturated heterocycles. The van der Waals surface area contributed by atoms with Gasteiger partial charge in [-0.25, -0.2) is 9.13 Å². The van der Waals surface area contributed by atoms with Gasteiger partial charge in [0.2, 0.25) is 0 Å². The van der Waals surface area contributed by atoms with Gasteiger partial charge < -0.3 is 33.8 Å². The summed E-state index contributed by atoms with van der Waals surface area (Å²) in [5.74, 6) is 0.127. The lowest BCUT2D eigenvalue weighted by Crippen LogP contribution is -2.30. The van der Waals surface area contributed by atoms with Crippen molar-refractivity contribution in [2.24, 2.45) is 17.8 Å². The van der Waals surface area contributed by atoms with Crippen molar-refractivity contribution in [3.05, 3.63) is 24.3 Å². The molecule has 17 nitrogen and oxygen atoms in total. The van der Waals surface area contributed by atoms with Crippen LogP contribution in [-0.2, 0) is 65.4 Å². The monoisotopic (exact) mass is 1450 g/mol. The smallest absolute Gasteiger partial charge is 0.462 e. The van der Waals surface area contributed by atoms with Crippen molar-refractivity contribution >= 4 is 39.5 Å². The van der Waals surface area contributed by atoms with E-state index in [0.29, 0.717) is 31.6 Å². The molecule has 0 spiro atoms. The fourth-order valence-corrected chi connectivity index (χ4v) is 13.3. The van der Waals surface area contributed by atoms with Gasteiger partial charge in [0.25, 0.3) is 0 Å². The quantitative estimate of drug-likeness (QED) is 0.0169. The van der Waals surface area contributed by atoms with Gasteiger partial charge in [0.1, 0.15) is 19.3 Å². The summed E-state index contributed by atoms with van der Waals surface area (Å²) in [6.45, 7) is 11.8. The van der Waals surface area contributed by atoms with Crippen molar-refractivity contribution in [2.45, 2.75) is 407 Å². The molecule has 0 bridgehead atoms. The Kier molecular flexibility index (Phi) is 68.1. The summed E-state index contributed by atoms with van der Waals surface area (Å²) in [6.07, 6.45) is 60.6. The Labute approximate surface area is 605 Å². The molecule has 0 aromatic heterocycles. The van der Waals surface area contributed by atoms with Crippen LogP contribution in [0.1, 0.15) is 389 Å². The van der Waals surface area contributed by atoms with E-state index in [-0.39, 0.29) is 25.7 Å². The molecule has 0 amide bonds. The van der Waals surface area contributed by atoms with Crippen LogP contribution in [0.25, 0.3) is 0 Å². The van der Waals surface area contributed by atoms with E-state index in [9.17, 15) is 43.2 Å². The molecule has 0 heterocycles. The van der Waals surface area contributed by atoms with E-state index in [1.165, 1.54) is 173 Å². The first-order chi connectivity index (χ1) is 47.7. The number of hydrogen-bond acceptors (Lipinski definition) is 15. The van der Waals surface area contributed by atoms with E-state index in [0.717, 1.165) is 127 Å². The molecule has 0 aliphatic rings. The van der Waals surface area contributed by atoms with E-state index in [4.69, 9.17) is 37.0 Å². The lowest BCUT2D eigenvalue weighted by atomic mass is 10.0. The molecule has 3 N–H and O–H groups in total. The summed E-state index contributed by atoms with van der Waals surface area (Å²) in [4.78, 5) is 72.9. The normalized spacial score (nSPS) is 14.2. The molecule has 0 aromatic rings. The molecule has 0 fully saturated rings. The summed E-state index contributed by atoms with van der Waals surface area (Å²) < 4.78 is 68.6. The molecular formula is C80H152O17P2. The average Bonchev–Trinajstić information content (AvgIpc) is 1.02. The molecule has 584 valence electrons. The second-order valence-corrected chi connectivity index (χ2v) is 32.5. The van der Waals surface area contributed by atoms with E-state index >= 15 is 0 Å². The van der Waals surface area contributed by atoms with Crippen LogP contribution in [0, 0.1) is 17.8 Å². The van der Waals surface area contributed by atoms with Gasteiger partial charge in [-0.3, -0.25) is 37.3 Å². The number of aliphatic hydroxyl groups excluding tert-OH is 1. The molecule has 0 aliphatic carbocycles. The molecule has 0 rings (SSSR count). The topological polar surface area (TPSA) is 237 Å². The SMILES string of the molecule is CCCCCC/C=C\C=C/CCCCCCCC(=O)OC[C@H](COP(=O)(O)OC[C@@H](O)COP(=O)(O)OC[C@@H](COC(=O)CCCCCCCCC(C)C)OC(=O)CCCCCCCCCCCCCCCCC(C)C)OC(=O)CCCCCCCCCCCCCCCCCC(C)C. The summed E-state index contributed by atoms with van der Waals surface area (Å²) in [6, 6.07) is 0. The Morgan fingerprint density at radius 3 is 0.818 bits per heavy atom. The Bertz CT molecular complexity index is 2020. The van der Waals surface area contributed by atoms with Crippen LogP contribution in [0.5, 0.6) is 0 Å². The summed E-state index contributed by atoms with van der Waals surface area (Å²) in [5.41, 5.74) is 0. The van der Waals surface area contributed by atoms with Crippen molar-refractivity contribution in [1.29, 1.82) is 0 Å². The summed E-state index contributed by atoms with van der Waals surface area (Å²) >= 11 is 0. The minimum atomic E-state index is -4.97. The van der Waals surface area contributed by atoms with Gasteiger partial charge in [0.05, 0.1) is 26.4 Å². The first-order valence-electron chi connectivity index (χ1n) is 40.7. The van der Waals surface area contributed by atoms with Crippen molar-refractivity contribution in [3.8, 4) is 0 Å². The zero-order valence-electron chi connectivity index (χ0n) is 64.4. The highest BCUT2D eigenvalue weighted by molar-refractivity contribution is 7.47. The van der Waals surface area contributed by atoms with Gasteiger partial charge in [-0.05, 0) is 69.1 Å². The fourth-order valence-electron chi connectivity index (χ4n) is 11.8. The Morgan fingerprint density at radius 1 is 0.313 bits per heavy atom. The lowest BCUT2D eigenvalue weighted by molar-refractivity contribution is -0.161. The molecule has 0 radical (unpaired) electrons. The number of allylic oxidation sites excluding steroid dienone is 4. The van der Waals surface area contributed by atoms with E-state index < -0.39 is 97.5 Å². The van der Waals surface area contributed by atoms with Crippen LogP contribution in [0.4, 0.5) is 0 Å². The van der Waals surface area contributed by atoms with Crippen LogP contribution in [0.2, 0.25) is 0 Å². The van der Waals surface area contributed by atoms with Gasteiger partial charge in [-0.1, -0.05) is 336 Å². The van der Waals surface area contributed by atoms with Crippen molar-refractivity contribution in [3.63, 3.8) is 0 Å². The largest absolute Gasteiger partial charge is 0.472 e. The summed E-state index contributed by atoms with van der Waals surface area (Å²) in [7, 11) is -9.93. The molecule has 99 heavy (non-hydrogen) atoms. The second-order valence-electron chi connectivity index (χ2n) is 29.5. The number of phosphoric ester groups is 2. The standard InChI is InChI=1S/C80H152O17P2/c1-8-9-10-11-12-13-14-15-17-24-29-34-39-47-54-61-77(82)90-67-75(96-79(84)63-56-49-40-35-30-25-19-16-18-22-27-32-37-44-51-58-71(2)3)69-94-98(86,87)92-65-74(81)66-93-99(88,89)95-70-76(68-91-78(83)62-55-48-43-42-46-53-60-73(6)7)97-80(85)64-57-50-41-36-31-26-21-20-23-28-33-38-45-52-59-72(4)5/h13-15,17,71-76,81H,8-12,16,18-70H2,1-7H3,(H,86,87)(H,88,89)/b14-13-,17-15-/t74-,75-,76-/m1/s1. The van der Waals surface area contributed by atoms with Crippen LogP contribution in [-0.4, -0.2) is 96.7 Å². The second kappa shape index (κ2) is 69.9. The predicted octanol–water partition coefficient (Wildman–Crippen LogP) is 23.3. The number of carbonyl (C=O) groups excluding carboxylic acids is 4. The molecule has 5 atom stereocenters. The number of ether oxygens (including phenoxy) is 4. The van der Waals surface area contributed by atoms with Gasteiger partial charge >= 0.3 is 39.5 Å². The number of hydrogen-bond donors (Lipinski definition) is 3. The first kappa shape index (κ1) is 96.5. The number of esters is 4. The Hall–Kier alpha value is -2.46. The zero-order valence-corrected chi connectivity index (χ0v) is 66.2. The highest BCUT2D eigenvalue weighted by Gasteiger charge is 2.30. The third-order valence-electron chi connectivity index (χ3n) is 18.0. The molecule has 2 unspecified atom stereocenters. The first-order valence-corrected chi connectivity index (χ1v) is 43.7. The molecule has 0 saturated carbocycles. The van der Waals surface area contributed by atoms with Gasteiger partial charge in [-0.15, -0.1) is 0 Å². The van der Waals surface area contributed by atoms with Crippen molar-refractivity contribution < 1.29 is 80.2 Å². The van der Waals surface area contributed by atoms with E-state index in [2.05, 4.69) is 72.8 Å². The third-order valence-corrected chi connectivity index (χ3v) is 19.9. The highest BCUT2D eigenvalue weighted by atomic mass is 31.2. The van der Waals surface area contributed by atoms with Crippen LogP contribution in [0.15, 0.2) is 24.3 Å². The van der Waals surface area contributed by atoms with Crippen molar-refractivity contribution in [2.75, 3.05) is 39.6 Å². The lowest BCUT2D eigenvalue weighted by Gasteiger charge is -2.21. The maximum Gasteiger partial charge on any atom is 0.472 e. The average molecular weight is 1450 g/mol. The summed E-state index contributed by atoms with van der Waals surface area (Å²) in [5, 5.41) is 10.6. The van der Waals surface area contributed by atoms with E-state index in [1.54, 1.807) is 0 Å². The number of phosphoric acid groups is 2. The molecule has 19 heteroatoms. The predicted molar refractivity (Wildman–Crippen MR) is 404 cm³/mol. The Morgan fingerprint density at radius 2 is 0.545 bits per heavy atom. The Balaban J connectivity index is 5.26. The molecular weight excluding hydrogens is 1290 g/mol. The number of aliphatic hydroxyl groups is 1. The van der Waals surface area contributed by atoms with Crippen LogP contribution >= 0.6 is 15.6 Å². The highest BCUT2D eigenvalue weighted by Crippen LogP contribution is 2.45. The third kappa shape index (κ3) is 73.6. The van der Waals surface area contributed by atoms with E-state index in [1.807, 2.05) is 0 Å². The van der Waals surface area contributed by atoms with Gasteiger partial charge in [-0.2, -0.15) is 0 Å². The number of unbranched alkanes of at least 4 members (excludes halogenated alkanes) is 41. The molecule has 0 aromatic carbocycles. The fraction of sp³-hybridized carbons (Fsp3) is 0.900. The van der Waals surface area contributed by atoms with Crippen molar-refractivity contribution in [1.82, 2.24) is 0 Å².